The summed E-state index contributed by atoms with van der Waals surface area (Å²) < 4.78 is 2.78. The molecule has 1 aromatic heterocycles. The number of aryl methyl sites for hydroxylation is 1. The number of halogens is 1. The number of hydrogen-bond donors (Lipinski definition) is 0. The molecule has 1 heterocycles. The summed E-state index contributed by atoms with van der Waals surface area (Å²) in [6.45, 7) is 4.72. The summed E-state index contributed by atoms with van der Waals surface area (Å²) in [4.78, 5) is 12.4. The van der Waals surface area contributed by atoms with E-state index in [0.29, 0.717) is 5.56 Å². The minimum absolute atomic E-state index is 0.0258. The van der Waals surface area contributed by atoms with Gasteiger partial charge >= 0.3 is 0 Å². The van der Waals surface area contributed by atoms with Crippen LogP contribution in [-0.2, 0) is 6.54 Å². The third-order valence-electron chi connectivity index (χ3n) is 4.15. The molecule has 3 rings (SSSR count). The van der Waals surface area contributed by atoms with Crippen LogP contribution in [0.4, 0.5) is 0 Å². The van der Waals surface area contributed by atoms with Gasteiger partial charge in [-0.2, -0.15) is 5.10 Å². The first-order valence-corrected chi connectivity index (χ1v) is 8.90. The molecule has 25 heavy (non-hydrogen) atoms. The quantitative estimate of drug-likeness (QED) is 0.439. The number of carbonyl (C=O) groups is 1. The van der Waals surface area contributed by atoms with Crippen molar-refractivity contribution in [3.63, 3.8) is 0 Å². The van der Waals surface area contributed by atoms with E-state index in [-0.39, 0.29) is 5.78 Å². The Hall–Kier alpha value is -2.46. The second-order valence-corrected chi connectivity index (χ2v) is 6.76. The number of nitrogens with zero attached hydrogens (tertiary/aromatic N) is 2. The van der Waals surface area contributed by atoms with E-state index in [4.69, 9.17) is 0 Å². The molecule has 0 aliphatic heterocycles. The number of benzene rings is 2. The lowest BCUT2D eigenvalue weighted by Crippen LogP contribution is -2.03. The summed E-state index contributed by atoms with van der Waals surface area (Å²) in [6, 6.07) is 17.7. The molecule has 0 amide bonds. The maximum absolute atomic E-state index is 12.4. The van der Waals surface area contributed by atoms with Gasteiger partial charge in [0.05, 0.1) is 12.2 Å². The molecule has 0 radical (unpaired) electrons. The topological polar surface area (TPSA) is 34.9 Å². The SMILES string of the molecule is Cc1nn(Cc2ccccc2)c(C)c1/C=C/C(=O)c1ccccc1Br. The predicted molar refractivity (Wildman–Crippen MR) is 105 cm³/mol. The second-order valence-electron chi connectivity index (χ2n) is 5.91. The molecule has 0 atom stereocenters. The third-order valence-corrected chi connectivity index (χ3v) is 4.84. The fourth-order valence-corrected chi connectivity index (χ4v) is 3.25. The highest BCUT2D eigenvalue weighted by Crippen LogP contribution is 2.19. The van der Waals surface area contributed by atoms with Crippen LogP contribution in [0.1, 0.15) is 32.9 Å². The summed E-state index contributed by atoms with van der Waals surface area (Å²) in [5.74, 6) is -0.0258. The normalized spacial score (nSPS) is 11.2. The van der Waals surface area contributed by atoms with Crippen LogP contribution in [0.3, 0.4) is 0 Å². The first kappa shape index (κ1) is 17.4. The van der Waals surface area contributed by atoms with Crippen LogP contribution >= 0.6 is 15.9 Å². The van der Waals surface area contributed by atoms with Gasteiger partial charge in [0.2, 0.25) is 0 Å². The lowest BCUT2D eigenvalue weighted by Gasteiger charge is -2.04. The van der Waals surface area contributed by atoms with Crippen molar-refractivity contribution < 1.29 is 4.79 Å². The van der Waals surface area contributed by atoms with Gasteiger partial charge in [-0.1, -0.05) is 58.4 Å². The van der Waals surface area contributed by atoms with Gasteiger partial charge in [-0.3, -0.25) is 9.48 Å². The Labute approximate surface area is 156 Å². The van der Waals surface area contributed by atoms with Crippen LogP contribution < -0.4 is 0 Å². The van der Waals surface area contributed by atoms with Gasteiger partial charge in [-0.15, -0.1) is 0 Å². The number of rotatable bonds is 5. The second kappa shape index (κ2) is 7.62. The Bertz CT molecular complexity index is 926. The fourth-order valence-electron chi connectivity index (χ4n) is 2.77. The van der Waals surface area contributed by atoms with Gasteiger partial charge in [0, 0.05) is 21.3 Å². The average Bonchev–Trinajstić information content (AvgIpc) is 2.87. The van der Waals surface area contributed by atoms with Crippen LogP contribution in [0.25, 0.3) is 6.08 Å². The minimum atomic E-state index is -0.0258. The Morgan fingerprint density at radius 1 is 1.08 bits per heavy atom. The van der Waals surface area contributed by atoms with Crippen LogP contribution in [-0.4, -0.2) is 15.6 Å². The molecule has 4 heteroatoms. The zero-order valence-electron chi connectivity index (χ0n) is 14.2. The number of carbonyl (C=O) groups excluding carboxylic acids is 1. The maximum Gasteiger partial charge on any atom is 0.186 e. The Morgan fingerprint density at radius 3 is 2.48 bits per heavy atom. The summed E-state index contributed by atoms with van der Waals surface area (Å²) in [6.07, 6.45) is 3.48. The van der Waals surface area contributed by atoms with Gasteiger partial charge in [0.25, 0.3) is 0 Å². The molecule has 3 aromatic rings. The molecule has 0 aliphatic rings. The zero-order chi connectivity index (χ0) is 17.8. The van der Waals surface area contributed by atoms with Crippen molar-refractivity contribution in [1.82, 2.24) is 9.78 Å². The van der Waals surface area contributed by atoms with Crippen LogP contribution in [0, 0.1) is 13.8 Å². The molecule has 2 aromatic carbocycles. The van der Waals surface area contributed by atoms with Crippen LogP contribution in [0.2, 0.25) is 0 Å². The standard InChI is InChI=1S/C21H19BrN2O/c1-15-18(12-13-21(25)19-10-6-7-11-20(19)22)16(2)24(23-15)14-17-8-4-3-5-9-17/h3-13H,14H2,1-2H3/b13-12+. The summed E-state index contributed by atoms with van der Waals surface area (Å²) in [7, 11) is 0. The summed E-state index contributed by atoms with van der Waals surface area (Å²) >= 11 is 3.42. The number of hydrogen-bond acceptors (Lipinski definition) is 2. The number of ketones is 1. The van der Waals surface area contributed by atoms with Crippen molar-refractivity contribution in [1.29, 1.82) is 0 Å². The largest absolute Gasteiger partial charge is 0.289 e. The highest BCUT2D eigenvalue weighted by Gasteiger charge is 2.11. The fraction of sp³-hybridized carbons (Fsp3) is 0.143. The highest BCUT2D eigenvalue weighted by molar-refractivity contribution is 9.10. The van der Waals surface area contributed by atoms with Gasteiger partial charge in [0.1, 0.15) is 0 Å². The number of allylic oxidation sites excluding steroid dienone is 1. The Morgan fingerprint density at radius 2 is 1.76 bits per heavy atom. The molecular weight excluding hydrogens is 376 g/mol. The molecule has 0 N–H and O–H groups in total. The van der Waals surface area contributed by atoms with Crippen molar-refractivity contribution in [2.45, 2.75) is 20.4 Å². The molecule has 0 saturated heterocycles. The average molecular weight is 395 g/mol. The first-order valence-electron chi connectivity index (χ1n) is 8.11. The van der Waals surface area contributed by atoms with E-state index in [1.807, 2.05) is 67.1 Å². The molecule has 3 nitrogen and oxygen atoms in total. The third kappa shape index (κ3) is 3.97. The van der Waals surface area contributed by atoms with E-state index in [1.165, 1.54) is 5.56 Å². The molecule has 0 saturated carbocycles. The molecule has 0 unspecified atom stereocenters. The van der Waals surface area contributed by atoms with E-state index in [0.717, 1.165) is 28.0 Å². The van der Waals surface area contributed by atoms with E-state index in [1.54, 1.807) is 6.08 Å². The molecule has 0 aliphatic carbocycles. The number of aromatic nitrogens is 2. The van der Waals surface area contributed by atoms with Gasteiger partial charge in [0.15, 0.2) is 5.78 Å². The Balaban J connectivity index is 1.83. The van der Waals surface area contributed by atoms with E-state index >= 15 is 0 Å². The van der Waals surface area contributed by atoms with E-state index in [2.05, 4.69) is 33.2 Å². The Kier molecular flexibility index (Phi) is 5.29. The molecule has 126 valence electrons. The highest BCUT2D eigenvalue weighted by atomic mass is 79.9. The zero-order valence-corrected chi connectivity index (χ0v) is 15.8. The van der Waals surface area contributed by atoms with Crippen molar-refractivity contribution in [3.8, 4) is 0 Å². The minimum Gasteiger partial charge on any atom is -0.289 e. The smallest absolute Gasteiger partial charge is 0.186 e. The first-order chi connectivity index (χ1) is 12.1. The van der Waals surface area contributed by atoms with Crippen molar-refractivity contribution in [2.75, 3.05) is 0 Å². The van der Waals surface area contributed by atoms with Gasteiger partial charge < -0.3 is 0 Å². The van der Waals surface area contributed by atoms with Crippen LogP contribution in [0.15, 0.2) is 65.1 Å². The predicted octanol–water partition coefficient (Wildman–Crippen LogP) is 5.21. The van der Waals surface area contributed by atoms with E-state index in [9.17, 15) is 4.79 Å². The summed E-state index contributed by atoms with van der Waals surface area (Å²) in [5, 5.41) is 4.62. The van der Waals surface area contributed by atoms with Gasteiger partial charge in [-0.25, -0.2) is 0 Å². The van der Waals surface area contributed by atoms with Crippen LogP contribution in [0.5, 0.6) is 0 Å². The summed E-state index contributed by atoms with van der Waals surface area (Å²) in [5.41, 5.74) is 4.83. The molecule has 0 spiro atoms. The monoisotopic (exact) mass is 394 g/mol. The van der Waals surface area contributed by atoms with Crippen molar-refractivity contribution in [3.05, 3.63) is 93.2 Å². The molecular formula is C21H19BrN2O. The van der Waals surface area contributed by atoms with Crippen molar-refractivity contribution in [2.24, 2.45) is 0 Å². The van der Waals surface area contributed by atoms with Crippen molar-refractivity contribution >= 4 is 27.8 Å². The maximum atomic E-state index is 12.4. The lowest BCUT2D eigenvalue weighted by molar-refractivity contribution is 0.104. The van der Waals surface area contributed by atoms with Gasteiger partial charge in [-0.05, 0) is 43.7 Å². The molecule has 0 bridgehead atoms. The van der Waals surface area contributed by atoms with E-state index < -0.39 is 0 Å². The lowest BCUT2D eigenvalue weighted by atomic mass is 10.1. The molecule has 0 fully saturated rings.